The Kier molecular flexibility index (Phi) is 10.4. The highest BCUT2D eigenvalue weighted by atomic mass is 16.4. The van der Waals surface area contributed by atoms with Crippen molar-refractivity contribution in [3.05, 3.63) is 129 Å². The lowest BCUT2D eigenvalue weighted by atomic mass is 9.80. The highest BCUT2D eigenvalue weighted by molar-refractivity contribution is 6.69. The van der Waals surface area contributed by atoms with Crippen LogP contribution in [0, 0.1) is 6.92 Å². The number of benzene rings is 3. The third-order valence-corrected chi connectivity index (χ3v) is 8.65. The maximum atomic E-state index is 13.9. The zero-order valence-electron chi connectivity index (χ0n) is 28.6. The van der Waals surface area contributed by atoms with Crippen molar-refractivity contribution in [2.24, 2.45) is 0 Å². The van der Waals surface area contributed by atoms with Gasteiger partial charge in [0.2, 0.25) is 11.6 Å². The van der Waals surface area contributed by atoms with Gasteiger partial charge in [-0.1, -0.05) is 41.5 Å². The second-order valence-corrected chi connectivity index (χ2v) is 12.8. The maximum Gasteiger partial charge on any atom is 0.339 e. The number of allylic oxidation sites excluding steroid dienone is 6. The van der Waals surface area contributed by atoms with E-state index in [9.17, 15) is 45.0 Å². The molecule has 5 rings (SSSR count). The summed E-state index contributed by atoms with van der Waals surface area (Å²) in [6, 6.07) is 14.4. The van der Waals surface area contributed by atoms with Crippen LogP contribution in [0.25, 0.3) is 22.8 Å². The van der Waals surface area contributed by atoms with Crippen molar-refractivity contribution < 1.29 is 49.4 Å². The van der Waals surface area contributed by atoms with E-state index in [0.717, 1.165) is 11.1 Å². The number of carboxylic acids is 1. The second-order valence-electron chi connectivity index (χ2n) is 12.8. The fourth-order valence-corrected chi connectivity index (χ4v) is 6.15. The van der Waals surface area contributed by atoms with Gasteiger partial charge in [-0.15, -0.1) is 0 Å². The molecule has 0 amide bonds. The van der Waals surface area contributed by atoms with Crippen LogP contribution in [0.1, 0.15) is 83.3 Å². The van der Waals surface area contributed by atoms with Gasteiger partial charge in [-0.05, 0) is 118 Å². The van der Waals surface area contributed by atoms with Crippen molar-refractivity contribution in [2.75, 3.05) is 0 Å². The molecule has 0 spiro atoms. The highest BCUT2D eigenvalue weighted by Gasteiger charge is 2.39. The van der Waals surface area contributed by atoms with Gasteiger partial charge in [-0.25, -0.2) is 4.79 Å². The van der Waals surface area contributed by atoms with E-state index in [4.69, 9.17) is 4.42 Å². The summed E-state index contributed by atoms with van der Waals surface area (Å²) in [6.45, 7) is 7.16. The zero-order chi connectivity index (χ0) is 37.1. The summed E-state index contributed by atoms with van der Waals surface area (Å²) in [5, 5.41) is 62.2. The van der Waals surface area contributed by atoms with Crippen molar-refractivity contribution in [3.8, 4) is 23.0 Å². The minimum absolute atomic E-state index is 0.0172. The molecule has 6 N–H and O–H groups in total. The Balaban J connectivity index is 1.55. The van der Waals surface area contributed by atoms with Gasteiger partial charge in [0.1, 0.15) is 45.8 Å². The van der Waals surface area contributed by atoms with Crippen molar-refractivity contribution in [1.29, 1.82) is 0 Å². The van der Waals surface area contributed by atoms with Crippen molar-refractivity contribution >= 4 is 40.3 Å². The fraction of sp³-hybridized carbons (Fsp3) is 0.195. The molecule has 1 aromatic heterocycles. The van der Waals surface area contributed by atoms with Crippen LogP contribution in [0.4, 0.5) is 0 Å². The number of Topliss-reactive ketones (excluding diaryl/α,β-unsaturated/α-hetero) is 2. The third-order valence-electron chi connectivity index (χ3n) is 8.65. The molecular formula is C41H38O10. The minimum Gasteiger partial charge on any atom is -0.508 e. The third kappa shape index (κ3) is 7.50. The van der Waals surface area contributed by atoms with Crippen LogP contribution in [0.3, 0.4) is 0 Å². The number of aromatic carboxylic acids is 1. The van der Waals surface area contributed by atoms with Gasteiger partial charge in [0.15, 0.2) is 0 Å². The summed E-state index contributed by atoms with van der Waals surface area (Å²) in [4.78, 5) is 39.1. The van der Waals surface area contributed by atoms with E-state index in [1.165, 1.54) is 61.5 Å². The van der Waals surface area contributed by atoms with Gasteiger partial charge in [0, 0.05) is 11.1 Å². The number of aryl methyl sites for hydroxylation is 2. The van der Waals surface area contributed by atoms with E-state index in [1.807, 2.05) is 32.9 Å². The molecule has 10 heteroatoms. The average molecular weight is 691 g/mol. The Morgan fingerprint density at radius 2 is 1.35 bits per heavy atom. The van der Waals surface area contributed by atoms with Crippen LogP contribution in [0.5, 0.6) is 23.0 Å². The monoisotopic (exact) mass is 690 g/mol. The number of aromatic hydroxyl groups is 4. The molecule has 1 aliphatic carbocycles. The lowest BCUT2D eigenvalue weighted by molar-refractivity contribution is -0.129. The highest BCUT2D eigenvalue weighted by Crippen LogP contribution is 2.43. The Hall–Kier alpha value is -6.29. The van der Waals surface area contributed by atoms with Gasteiger partial charge in [-0.2, -0.15) is 0 Å². The van der Waals surface area contributed by atoms with E-state index in [-0.39, 0.29) is 74.0 Å². The number of hydrogen-bond acceptors (Lipinski definition) is 9. The number of aliphatic hydroxyl groups is 1. The number of hydrogen-bond donors (Lipinski definition) is 6. The Labute approximate surface area is 294 Å². The Morgan fingerprint density at radius 1 is 0.784 bits per heavy atom. The first-order chi connectivity index (χ1) is 24.2. The normalized spacial score (nSPS) is 13.6. The molecular weight excluding hydrogens is 652 g/mol. The molecule has 0 radical (unpaired) electrons. The van der Waals surface area contributed by atoms with Crippen LogP contribution in [0.15, 0.2) is 88.1 Å². The maximum absolute atomic E-state index is 13.9. The van der Waals surface area contributed by atoms with Gasteiger partial charge in [0.25, 0.3) is 0 Å². The second kappa shape index (κ2) is 14.7. The van der Waals surface area contributed by atoms with Crippen molar-refractivity contribution in [3.63, 3.8) is 0 Å². The molecule has 4 aromatic rings. The summed E-state index contributed by atoms with van der Waals surface area (Å²) in [7, 11) is 0. The number of aliphatic hydroxyl groups excluding tert-OH is 1. The molecule has 10 nitrogen and oxygen atoms in total. The predicted molar refractivity (Wildman–Crippen MR) is 192 cm³/mol. The summed E-state index contributed by atoms with van der Waals surface area (Å²) in [5.74, 6) is -3.71. The zero-order valence-corrected chi connectivity index (χ0v) is 28.6. The standard InChI is InChI=1S/C41H38O10/c1-21(2)18-29-20-26(7-5-6-22(3)8-17-30-31(44)19-23(4)32(36(30)45)41(49)50)40(51-29)35-33(24-9-13-27(42)14-10-24)38(47)39(48)34(37(35)46)25-11-15-28(43)16-12-25/h8-16,18-20,42-46H,5-7,17H2,1-4H3,(H,49,50). The van der Waals surface area contributed by atoms with Crippen LogP contribution in [0.2, 0.25) is 0 Å². The molecule has 0 saturated carbocycles. The van der Waals surface area contributed by atoms with E-state index < -0.39 is 29.0 Å². The summed E-state index contributed by atoms with van der Waals surface area (Å²) >= 11 is 0. The molecule has 0 unspecified atom stereocenters. The minimum atomic E-state index is -1.29. The molecule has 262 valence electrons. The summed E-state index contributed by atoms with van der Waals surface area (Å²) in [6.07, 6.45) is 5.26. The Morgan fingerprint density at radius 3 is 1.92 bits per heavy atom. The molecule has 3 aromatic carbocycles. The summed E-state index contributed by atoms with van der Waals surface area (Å²) < 4.78 is 6.33. The summed E-state index contributed by atoms with van der Waals surface area (Å²) in [5.41, 5.74) is 2.78. The fourth-order valence-electron chi connectivity index (χ4n) is 6.15. The molecule has 1 aliphatic rings. The first kappa shape index (κ1) is 36.0. The first-order valence-electron chi connectivity index (χ1n) is 16.2. The molecule has 51 heavy (non-hydrogen) atoms. The number of phenols is 4. The topological polar surface area (TPSA) is 186 Å². The Bertz CT molecular complexity index is 2170. The SMILES string of the molecule is CC(C)=Cc1cc(CCCC(C)=CCc2c(O)cc(C)c(C(=O)O)c2O)c(C2=C(c3ccc(O)cc3)C(=O)C(=O)C(c3ccc(O)cc3)=C2O)o1. The lowest BCUT2D eigenvalue weighted by Gasteiger charge is -2.22. The van der Waals surface area contributed by atoms with E-state index in [1.54, 1.807) is 6.08 Å². The van der Waals surface area contributed by atoms with Crippen LogP contribution < -0.4 is 0 Å². The first-order valence-corrected chi connectivity index (χ1v) is 16.2. The molecule has 0 saturated heterocycles. The van der Waals surface area contributed by atoms with Crippen molar-refractivity contribution in [2.45, 2.75) is 53.4 Å². The van der Waals surface area contributed by atoms with Crippen molar-refractivity contribution in [1.82, 2.24) is 0 Å². The predicted octanol–water partition coefficient (Wildman–Crippen LogP) is 8.08. The lowest BCUT2D eigenvalue weighted by Crippen LogP contribution is -2.24. The van der Waals surface area contributed by atoms with Crippen LogP contribution in [-0.4, -0.2) is 48.2 Å². The molecule has 0 bridgehead atoms. The van der Waals surface area contributed by atoms with Gasteiger partial charge < -0.3 is 35.1 Å². The van der Waals surface area contributed by atoms with Gasteiger partial charge in [0.05, 0.1) is 11.1 Å². The van der Waals surface area contributed by atoms with Gasteiger partial charge in [-0.3, -0.25) is 9.59 Å². The van der Waals surface area contributed by atoms with Crippen LogP contribution >= 0.6 is 0 Å². The number of carbonyl (C=O) groups is 3. The number of phenolic OH excluding ortho intramolecular Hbond substituents is 3. The largest absolute Gasteiger partial charge is 0.508 e. The van der Waals surface area contributed by atoms with E-state index in [2.05, 4.69) is 0 Å². The average Bonchev–Trinajstić information content (AvgIpc) is 3.44. The van der Waals surface area contributed by atoms with E-state index in [0.29, 0.717) is 30.6 Å². The number of carbonyl (C=O) groups excluding carboxylic acids is 2. The van der Waals surface area contributed by atoms with Crippen LogP contribution in [-0.2, 0) is 22.4 Å². The molecule has 0 aliphatic heterocycles. The number of rotatable bonds is 11. The molecule has 0 fully saturated rings. The van der Waals surface area contributed by atoms with Gasteiger partial charge >= 0.3 is 5.97 Å². The number of furan rings is 1. The van der Waals surface area contributed by atoms with E-state index >= 15 is 0 Å². The molecule has 1 heterocycles. The number of carboxylic acid groups (broad SMARTS) is 1. The quantitative estimate of drug-likeness (QED) is 0.0510. The molecule has 0 atom stereocenters. The smallest absolute Gasteiger partial charge is 0.339 e. The number of ketones is 2.